The van der Waals surface area contributed by atoms with Crippen molar-refractivity contribution in [3.8, 4) is 28.3 Å². The number of fused-ring (bicyclic) bond motifs is 1. The normalized spacial score (nSPS) is 11.4. The lowest BCUT2D eigenvalue weighted by Gasteiger charge is -2.10. The van der Waals surface area contributed by atoms with Crippen molar-refractivity contribution in [1.82, 2.24) is 9.38 Å². The molecule has 4 nitrogen and oxygen atoms in total. The SMILES string of the molecule is Cc1sc2nc(-c3cccc(N)c3)cn2c1-c1ccc(OC(C)C)cc1. The molecule has 0 amide bonds. The van der Waals surface area contributed by atoms with E-state index in [0.717, 1.165) is 33.2 Å². The zero-order chi connectivity index (χ0) is 18.3. The predicted molar refractivity (Wildman–Crippen MR) is 109 cm³/mol. The van der Waals surface area contributed by atoms with E-state index < -0.39 is 0 Å². The summed E-state index contributed by atoms with van der Waals surface area (Å²) in [5.41, 5.74) is 11.0. The van der Waals surface area contributed by atoms with Gasteiger partial charge in [0.25, 0.3) is 0 Å². The zero-order valence-corrected chi connectivity index (χ0v) is 15.9. The van der Waals surface area contributed by atoms with Crippen LogP contribution in [-0.2, 0) is 0 Å². The van der Waals surface area contributed by atoms with Crippen LogP contribution in [0.3, 0.4) is 0 Å². The molecular weight excluding hydrogens is 342 g/mol. The van der Waals surface area contributed by atoms with Crippen LogP contribution in [0.15, 0.2) is 54.7 Å². The van der Waals surface area contributed by atoms with Gasteiger partial charge in [0.15, 0.2) is 4.96 Å². The summed E-state index contributed by atoms with van der Waals surface area (Å²) in [5.74, 6) is 0.888. The van der Waals surface area contributed by atoms with E-state index in [1.165, 1.54) is 10.6 Å². The van der Waals surface area contributed by atoms with Gasteiger partial charge in [-0.3, -0.25) is 4.40 Å². The molecule has 2 aromatic carbocycles. The molecule has 132 valence electrons. The second kappa shape index (κ2) is 6.50. The number of rotatable bonds is 4. The molecular formula is C21H21N3OS. The average molecular weight is 363 g/mol. The van der Waals surface area contributed by atoms with Gasteiger partial charge >= 0.3 is 0 Å². The third-order valence-electron chi connectivity index (χ3n) is 4.17. The molecule has 0 fully saturated rings. The highest BCUT2D eigenvalue weighted by Gasteiger charge is 2.15. The van der Waals surface area contributed by atoms with Crippen LogP contribution < -0.4 is 10.5 Å². The number of thiazole rings is 1. The number of ether oxygens (including phenoxy) is 1. The molecule has 4 aromatic rings. The first-order valence-electron chi connectivity index (χ1n) is 8.63. The topological polar surface area (TPSA) is 52.5 Å². The van der Waals surface area contributed by atoms with E-state index in [1.807, 2.05) is 50.2 Å². The van der Waals surface area contributed by atoms with Crippen molar-refractivity contribution >= 4 is 22.0 Å². The molecule has 5 heteroatoms. The van der Waals surface area contributed by atoms with E-state index in [1.54, 1.807) is 11.3 Å². The van der Waals surface area contributed by atoms with Gasteiger partial charge in [-0.05, 0) is 62.7 Å². The molecule has 26 heavy (non-hydrogen) atoms. The first-order chi connectivity index (χ1) is 12.5. The Morgan fingerprint density at radius 3 is 2.54 bits per heavy atom. The van der Waals surface area contributed by atoms with Gasteiger partial charge in [-0.25, -0.2) is 4.98 Å². The van der Waals surface area contributed by atoms with Crippen LogP contribution in [0.25, 0.3) is 27.5 Å². The van der Waals surface area contributed by atoms with Gasteiger partial charge < -0.3 is 10.5 Å². The van der Waals surface area contributed by atoms with Crippen molar-refractivity contribution in [1.29, 1.82) is 0 Å². The number of nitrogens with zero attached hydrogens (tertiary/aromatic N) is 2. The van der Waals surface area contributed by atoms with Crippen molar-refractivity contribution in [2.75, 3.05) is 5.73 Å². The summed E-state index contributed by atoms with van der Waals surface area (Å²) in [6.45, 7) is 6.20. The maximum Gasteiger partial charge on any atom is 0.194 e. The molecule has 0 aliphatic rings. The molecule has 0 aliphatic heterocycles. The van der Waals surface area contributed by atoms with E-state index in [9.17, 15) is 0 Å². The molecule has 2 heterocycles. The molecule has 2 N–H and O–H groups in total. The Balaban J connectivity index is 1.76. The molecule has 0 saturated carbocycles. The van der Waals surface area contributed by atoms with Gasteiger partial charge in [-0.1, -0.05) is 12.1 Å². The van der Waals surface area contributed by atoms with Crippen molar-refractivity contribution in [3.63, 3.8) is 0 Å². The Morgan fingerprint density at radius 1 is 1.08 bits per heavy atom. The number of imidazole rings is 1. The standard InChI is InChI=1S/C21H21N3OS/c1-13(2)25-18-9-7-15(8-10-18)20-14(3)26-21-23-19(12-24(20)21)16-5-4-6-17(22)11-16/h4-13H,22H2,1-3H3. The van der Waals surface area contributed by atoms with E-state index in [0.29, 0.717) is 0 Å². The summed E-state index contributed by atoms with van der Waals surface area (Å²) in [5, 5.41) is 0. The number of aromatic nitrogens is 2. The van der Waals surface area contributed by atoms with Gasteiger partial charge in [-0.15, -0.1) is 11.3 Å². The molecule has 4 rings (SSSR count). The summed E-state index contributed by atoms with van der Waals surface area (Å²) in [6.07, 6.45) is 2.26. The van der Waals surface area contributed by atoms with Crippen LogP contribution in [0.2, 0.25) is 0 Å². The van der Waals surface area contributed by atoms with E-state index in [4.69, 9.17) is 15.5 Å². The highest BCUT2D eigenvalue weighted by atomic mass is 32.1. The number of hydrogen-bond donors (Lipinski definition) is 1. The Morgan fingerprint density at radius 2 is 1.85 bits per heavy atom. The summed E-state index contributed by atoms with van der Waals surface area (Å²) in [7, 11) is 0. The van der Waals surface area contributed by atoms with Crippen molar-refractivity contribution in [3.05, 3.63) is 59.6 Å². The summed E-state index contributed by atoms with van der Waals surface area (Å²) >= 11 is 1.70. The quantitative estimate of drug-likeness (QED) is 0.493. The van der Waals surface area contributed by atoms with Gasteiger partial charge in [-0.2, -0.15) is 0 Å². The minimum Gasteiger partial charge on any atom is -0.491 e. The molecule has 0 bridgehead atoms. The Labute approximate surface area is 156 Å². The van der Waals surface area contributed by atoms with Gasteiger partial charge in [0.05, 0.1) is 17.5 Å². The molecule has 0 radical (unpaired) electrons. The van der Waals surface area contributed by atoms with Crippen molar-refractivity contribution < 1.29 is 4.74 Å². The van der Waals surface area contributed by atoms with Crippen LogP contribution >= 0.6 is 11.3 Å². The molecule has 0 atom stereocenters. The largest absolute Gasteiger partial charge is 0.491 e. The zero-order valence-electron chi connectivity index (χ0n) is 15.1. The minimum absolute atomic E-state index is 0.171. The summed E-state index contributed by atoms with van der Waals surface area (Å²) in [6, 6.07) is 16.1. The fourth-order valence-electron chi connectivity index (χ4n) is 3.09. The van der Waals surface area contributed by atoms with Crippen molar-refractivity contribution in [2.24, 2.45) is 0 Å². The molecule has 0 unspecified atom stereocenters. The maximum absolute atomic E-state index is 5.92. The average Bonchev–Trinajstić information content (AvgIpc) is 3.12. The van der Waals surface area contributed by atoms with Crippen LogP contribution in [0.5, 0.6) is 5.75 Å². The lowest BCUT2D eigenvalue weighted by atomic mass is 10.1. The van der Waals surface area contributed by atoms with Gasteiger partial charge in [0, 0.05) is 22.3 Å². The Kier molecular flexibility index (Phi) is 4.17. The predicted octanol–water partition coefficient (Wildman–Crippen LogP) is 5.41. The van der Waals surface area contributed by atoms with Gasteiger partial charge in [0.1, 0.15) is 5.75 Å². The fourth-order valence-corrected chi connectivity index (χ4v) is 4.07. The number of anilines is 1. The lowest BCUT2D eigenvalue weighted by Crippen LogP contribution is -2.05. The number of nitrogen functional groups attached to an aromatic ring is 1. The third-order valence-corrected chi connectivity index (χ3v) is 5.14. The van der Waals surface area contributed by atoms with Crippen molar-refractivity contribution in [2.45, 2.75) is 26.9 Å². The van der Waals surface area contributed by atoms with Crippen LogP contribution in [-0.4, -0.2) is 15.5 Å². The smallest absolute Gasteiger partial charge is 0.194 e. The lowest BCUT2D eigenvalue weighted by molar-refractivity contribution is 0.242. The first kappa shape index (κ1) is 16.7. The molecule has 0 aliphatic carbocycles. The summed E-state index contributed by atoms with van der Waals surface area (Å²) < 4.78 is 7.91. The number of nitrogens with two attached hydrogens (primary N) is 1. The summed E-state index contributed by atoms with van der Waals surface area (Å²) in [4.78, 5) is 7.01. The fraction of sp³-hybridized carbons (Fsp3) is 0.190. The highest BCUT2D eigenvalue weighted by Crippen LogP contribution is 2.34. The van der Waals surface area contributed by atoms with Crippen LogP contribution in [0.1, 0.15) is 18.7 Å². The minimum atomic E-state index is 0.171. The number of benzene rings is 2. The Bertz CT molecular complexity index is 1060. The molecule has 2 aromatic heterocycles. The first-order valence-corrected chi connectivity index (χ1v) is 9.44. The second-order valence-corrected chi connectivity index (χ2v) is 7.78. The number of aryl methyl sites for hydroxylation is 1. The van der Waals surface area contributed by atoms with E-state index >= 15 is 0 Å². The molecule has 0 spiro atoms. The third kappa shape index (κ3) is 3.06. The maximum atomic E-state index is 5.92. The van der Waals surface area contributed by atoms with Crippen LogP contribution in [0, 0.1) is 6.92 Å². The van der Waals surface area contributed by atoms with Gasteiger partial charge in [0.2, 0.25) is 0 Å². The second-order valence-electron chi connectivity index (χ2n) is 6.60. The number of hydrogen-bond acceptors (Lipinski definition) is 4. The van der Waals surface area contributed by atoms with E-state index in [-0.39, 0.29) is 6.10 Å². The monoisotopic (exact) mass is 363 g/mol. The highest BCUT2D eigenvalue weighted by molar-refractivity contribution is 7.17. The van der Waals surface area contributed by atoms with E-state index in [2.05, 4.69) is 29.7 Å². The van der Waals surface area contributed by atoms with Crippen LogP contribution in [0.4, 0.5) is 5.69 Å². The molecule has 0 saturated heterocycles. The Hall–Kier alpha value is -2.79.